The zero-order valence-electron chi connectivity index (χ0n) is 31.7. The highest BCUT2D eigenvalue weighted by atomic mass is 32.1. The molecule has 11 aromatic rings. The Bertz CT molecular complexity index is 3260. The highest BCUT2D eigenvalue weighted by molar-refractivity contribution is 7.26. The van der Waals surface area contributed by atoms with Gasteiger partial charge in [-0.3, -0.25) is 0 Å². The van der Waals surface area contributed by atoms with Crippen molar-refractivity contribution in [3.05, 3.63) is 224 Å². The number of nitrogens with zero attached hydrogens (tertiary/aromatic N) is 1. The van der Waals surface area contributed by atoms with E-state index in [1.165, 1.54) is 86.2 Å². The van der Waals surface area contributed by atoms with Gasteiger partial charge in [0.15, 0.2) is 0 Å². The van der Waals surface area contributed by atoms with Gasteiger partial charge in [0, 0.05) is 37.1 Å². The molecule has 10 aromatic carbocycles. The van der Waals surface area contributed by atoms with Crippen molar-refractivity contribution in [3.63, 3.8) is 0 Å². The molecule has 0 radical (unpaired) electrons. The summed E-state index contributed by atoms with van der Waals surface area (Å²) in [4.78, 5) is 2.43. The fraction of sp³-hybridized carbons (Fsp3) is 0. The van der Waals surface area contributed by atoms with Gasteiger partial charge in [-0.2, -0.15) is 0 Å². The average Bonchev–Trinajstić information content (AvgIpc) is 3.69. The Labute approximate surface area is 342 Å². The first-order valence-electron chi connectivity index (χ1n) is 19.8. The highest BCUT2D eigenvalue weighted by Gasteiger charge is 2.20. The first kappa shape index (κ1) is 34.0. The van der Waals surface area contributed by atoms with Gasteiger partial charge in [0.2, 0.25) is 0 Å². The number of rotatable bonds is 7. The van der Waals surface area contributed by atoms with Gasteiger partial charge in [-0.15, -0.1) is 11.3 Å². The van der Waals surface area contributed by atoms with Gasteiger partial charge in [-0.25, -0.2) is 0 Å². The van der Waals surface area contributed by atoms with E-state index in [-0.39, 0.29) is 0 Å². The van der Waals surface area contributed by atoms with E-state index >= 15 is 0 Å². The molecule has 0 amide bonds. The smallest absolute Gasteiger partial charge is 0.0546 e. The molecule has 2 heteroatoms. The minimum absolute atomic E-state index is 1.09. The van der Waals surface area contributed by atoms with Gasteiger partial charge in [0.05, 0.1) is 5.69 Å². The van der Waals surface area contributed by atoms with Crippen LogP contribution in [0.5, 0.6) is 0 Å². The van der Waals surface area contributed by atoms with Crippen LogP contribution in [-0.2, 0) is 0 Å². The lowest BCUT2D eigenvalue weighted by molar-refractivity contribution is 1.28. The molecule has 0 saturated carbocycles. The quantitative estimate of drug-likeness (QED) is 0.157. The first-order chi connectivity index (χ1) is 28.7. The SMILES string of the molecule is c1ccc(-c2ccc(-c3ccc4ccccc4c3)cc2N(c2ccc(-c3cccc4ccccc34)cc2)c2ccc(-c3cccc4c3sc3ccccc34)cc2)cc1. The van der Waals surface area contributed by atoms with Crippen molar-refractivity contribution >= 4 is 70.1 Å². The van der Waals surface area contributed by atoms with Crippen molar-refractivity contribution in [1.82, 2.24) is 0 Å². The van der Waals surface area contributed by atoms with Crippen molar-refractivity contribution in [2.75, 3.05) is 4.90 Å². The predicted octanol–water partition coefficient (Wildman–Crippen LogP) is 16.5. The Morgan fingerprint density at radius 1 is 0.293 bits per heavy atom. The minimum atomic E-state index is 1.09. The molecular weight excluding hydrogens is 719 g/mol. The van der Waals surface area contributed by atoms with Crippen LogP contribution in [0.1, 0.15) is 0 Å². The van der Waals surface area contributed by atoms with E-state index in [0.29, 0.717) is 0 Å². The number of hydrogen-bond acceptors (Lipinski definition) is 2. The normalized spacial score (nSPS) is 11.4. The third kappa shape index (κ3) is 6.03. The minimum Gasteiger partial charge on any atom is -0.310 e. The summed E-state index contributed by atoms with van der Waals surface area (Å²) in [5, 5.41) is 7.61. The van der Waals surface area contributed by atoms with Crippen LogP contribution in [0.25, 0.3) is 86.2 Å². The monoisotopic (exact) mass is 755 g/mol. The maximum absolute atomic E-state index is 2.43. The molecule has 0 atom stereocenters. The topological polar surface area (TPSA) is 3.24 Å². The molecule has 0 aliphatic heterocycles. The molecule has 272 valence electrons. The van der Waals surface area contributed by atoms with Crippen molar-refractivity contribution in [1.29, 1.82) is 0 Å². The van der Waals surface area contributed by atoms with Crippen molar-refractivity contribution in [2.45, 2.75) is 0 Å². The van der Waals surface area contributed by atoms with E-state index in [0.717, 1.165) is 17.1 Å². The van der Waals surface area contributed by atoms with E-state index in [4.69, 9.17) is 0 Å². The van der Waals surface area contributed by atoms with Crippen molar-refractivity contribution in [2.24, 2.45) is 0 Å². The van der Waals surface area contributed by atoms with Crippen LogP contribution in [-0.4, -0.2) is 0 Å². The molecule has 0 N–H and O–H groups in total. The van der Waals surface area contributed by atoms with Gasteiger partial charge >= 0.3 is 0 Å². The zero-order chi connectivity index (χ0) is 38.4. The van der Waals surface area contributed by atoms with Crippen LogP contribution >= 0.6 is 11.3 Å². The molecule has 58 heavy (non-hydrogen) atoms. The maximum atomic E-state index is 2.43. The molecule has 11 rings (SSSR count). The molecule has 1 heterocycles. The second-order valence-electron chi connectivity index (χ2n) is 14.9. The first-order valence-corrected chi connectivity index (χ1v) is 20.6. The van der Waals surface area contributed by atoms with Crippen molar-refractivity contribution in [3.8, 4) is 44.5 Å². The molecule has 0 bridgehead atoms. The van der Waals surface area contributed by atoms with Crippen LogP contribution < -0.4 is 4.90 Å². The molecule has 0 spiro atoms. The fourth-order valence-corrected chi connectivity index (χ4v) is 9.82. The molecule has 0 saturated heterocycles. The van der Waals surface area contributed by atoms with Crippen LogP contribution in [0.2, 0.25) is 0 Å². The van der Waals surface area contributed by atoms with Crippen molar-refractivity contribution < 1.29 is 0 Å². The lowest BCUT2D eigenvalue weighted by Gasteiger charge is -2.29. The molecular formula is C56H37NS. The Morgan fingerprint density at radius 2 is 0.828 bits per heavy atom. The lowest BCUT2D eigenvalue weighted by atomic mass is 9.95. The average molecular weight is 756 g/mol. The molecule has 0 aliphatic carbocycles. The zero-order valence-corrected chi connectivity index (χ0v) is 32.5. The Hall–Kier alpha value is -7.26. The van der Waals surface area contributed by atoms with E-state index in [1.807, 2.05) is 11.3 Å². The summed E-state index contributed by atoms with van der Waals surface area (Å²) in [5.41, 5.74) is 12.9. The highest BCUT2D eigenvalue weighted by Crippen LogP contribution is 2.45. The summed E-state index contributed by atoms with van der Waals surface area (Å²) in [6, 6.07) is 82.0. The fourth-order valence-electron chi connectivity index (χ4n) is 8.59. The number of thiophene rings is 1. The number of anilines is 3. The van der Waals surface area contributed by atoms with E-state index in [2.05, 4.69) is 229 Å². The summed E-state index contributed by atoms with van der Waals surface area (Å²) in [6.45, 7) is 0. The van der Waals surface area contributed by atoms with Crippen LogP contribution in [0.4, 0.5) is 17.1 Å². The Balaban J connectivity index is 1.09. The van der Waals surface area contributed by atoms with Crippen LogP contribution in [0.3, 0.4) is 0 Å². The van der Waals surface area contributed by atoms with E-state index in [9.17, 15) is 0 Å². The summed E-state index contributed by atoms with van der Waals surface area (Å²) in [7, 11) is 0. The molecule has 1 nitrogen and oxygen atoms in total. The molecule has 0 unspecified atom stereocenters. The number of fused-ring (bicyclic) bond motifs is 5. The summed E-state index contributed by atoms with van der Waals surface area (Å²) >= 11 is 1.88. The second kappa shape index (κ2) is 14.4. The summed E-state index contributed by atoms with van der Waals surface area (Å²) in [6.07, 6.45) is 0. The van der Waals surface area contributed by atoms with E-state index < -0.39 is 0 Å². The molecule has 0 fully saturated rings. The Morgan fingerprint density at radius 3 is 1.62 bits per heavy atom. The van der Waals surface area contributed by atoms with Crippen LogP contribution in [0.15, 0.2) is 224 Å². The van der Waals surface area contributed by atoms with Gasteiger partial charge in [-0.05, 0) is 103 Å². The number of hydrogen-bond donors (Lipinski definition) is 0. The molecule has 1 aromatic heterocycles. The lowest BCUT2D eigenvalue weighted by Crippen LogP contribution is -2.11. The third-order valence-electron chi connectivity index (χ3n) is 11.5. The maximum Gasteiger partial charge on any atom is 0.0546 e. The third-order valence-corrected chi connectivity index (χ3v) is 12.7. The van der Waals surface area contributed by atoms with Crippen LogP contribution in [0, 0.1) is 0 Å². The van der Waals surface area contributed by atoms with Gasteiger partial charge < -0.3 is 4.90 Å². The van der Waals surface area contributed by atoms with Gasteiger partial charge in [-0.1, -0.05) is 182 Å². The standard InChI is InChI=1S/C56H37NS/c1-2-13-40(14-3-1)50-35-30-45(44-25-24-38-12-4-5-16-43(38)36-44)37-54(50)57(46-31-26-41(27-32-46)49-20-10-17-39-15-6-7-18-48(39)49)47-33-28-42(29-34-47)51-21-11-22-53-52-19-8-9-23-55(52)58-56(51)53/h1-37H. The van der Waals surface area contributed by atoms with Gasteiger partial charge in [0.25, 0.3) is 0 Å². The summed E-state index contributed by atoms with van der Waals surface area (Å²) < 4.78 is 2.64. The van der Waals surface area contributed by atoms with Gasteiger partial charge in [0.1, 0.15) is 0 Å². The number of benzene rings is 10. The Kier molecular flexibility index (Phi) is 8.42. The predicted molar refractivity (Wildman–Crippen MR) is 251 cm³/mol. The largest absolute Gasteiger partial charge is 0.310 e. The second-order valence-corrected chi connectivity index (χ2v) is 15.9. The van der Waals surface area contributed by atoms with E-state index in [1.54, 1.807) is 0 Å². The molecule has 0 aliphatic rings. The summed E-state index contributed by atoms with van der Waals surface area (Å²) in [5.74, 6) is 0.